The van der Waals surface area contributed by atoms with Gasteiger partial charge < -0.3 is 9.84 Å². The third-order valence-corrected chi connectivity index (χ3v) is 8.58. The molecule has 0 aliphatic heterocycles. The van der Waals surface area contributed by atoms with Crippen molar-refractivity contribution in [2.75, 3.05) is 6.61 Å². The van der Waals surface area contributed by atoms with E-state index in [-0.39, 0.29) is 5.56 Å². The smallest absolute Gasteiger partial charge is 0.419 e. The van der Waals surface area contributed by atoms with Crippen LogP contribution in [0.5, 0.6) is 0 Å². The third-order valence-electron chi connectivity index (χ3n) is 8.58. The van der Waals surface area contributed by atoms with E-state index in [9.17, 15) is 39.7 Å². The van der Waals surface area contributed by atoms with Crippen molar-refractivity contribution in [1.82, 2.24) is 0 Å². The van der Waals surface area contributed by atoms with Crippen molar-refractivity contribution in [3.8, 4) is 0 Å². The lowest BCUT2D eigenvalue weighted by atomic mass is 9.45. The first-order chi connectivity index (χ1) is 20.7. The average Bonchev–Trinajstić information content (AvgIpc) is 3.21. The minimum atomic E-state index is -5.93. The number of hydrogen-bond acceptors (Lipinski definition) is 9. The topological polar surface area (TPSA) is 167 Å². The summed E-state index contributed by atoms with van der Waals surface area (Å²) in [4.78, 5) is 65.0. The molecule has 1 fully saturated rings. The number of halogens is 3. The van der Waals surface area contributed by atoms with Crippen LogP contribution in [0.4, 0.5) is 18.9 Å². The number of carbonyl (C=O) groups excluding carboxylic acids is 3. The number of nitro benzene ring substituents is 1. The van der Waals surface area contributed by atoms with Crippen LogP contribution in [0.3, 0.4) is 0 Å². The van der Waals surface area contributed by atoms with Gasteiger partial charge in [0.2, 0.25) is 6.04 Å². The molecule has 2 aliphatic rings. The minimum Gasteiger partial charge on any atom is -0.466 e. The molecular formula is C30H23F3N2O9. The van der Waals surface area contributed by atoms with Crippen LogP contribution in [0.2, 0.25) is 0 Å². The molecule has 5 rings (SSSR count). The first-order valence-corrected chi connectivity index (χ1v) is 13.3. The van der Waals surface area contributed by atoms with Gasteiger partial charge in [0.05, 0.1) is 23.4 Å². The standard InChI is InChI=1S/C30H23F3N2O9/c1-2-44-27(38)23-21(16-8-4-3-5-9-16)24(35(42)43)22(17-12-14-18(15-13-17)34(40)41)28(29(23,39)30(31,32)33)25(36)19-10-6-7-11-20(19)26(28)37/h3-15,21-24,39H,2H2,1H3/t21-,22+,23-,24-,29+/m1/s1. The number of non-ortho nitro benzene ring substituents is 1. The summed E-state index contributed by atoms with van der Waals surface area (Å²) in [6.45, 7) is 0.780. The van der Waals surface area contributed by atoms with Crippen LogP contribution >= 0.6 is 0 Å². The van der Waals surface area contributed by atoms with Crippen molar-refractivity contribution in [2.45, 2.75) is 36.6 Å². The Balaban J connectivity index is 1.99. The van der Waals surface area contributed by atoms with Crippen LogP contribution in [0, 0.1) is 31.6 Å². The summed E-state index contributed by atoms with van der Waals surface area (Å²) < 4.78 is 52.1. The van der Waals surface area contributed by atoms with E-state index in [1.807, 2.05) is 0 Å². The van der Waals surface area contributed by atoms with Crippen molar-refractivity contribution in [2.24, 2.45) is 11.3 Å². The summed E-state index contributed by atoms with van der Waals surface area (Å²) in [7, 11) is 0. The predicted molar refractivity (Wildman–Crippen MR) is 144 cm³/mol. The molecule has 5 atom stereocenters. The van der Waals surface area contributed by atoms with Gasteiger partial charge in [0.25, 0.3) is 5.69 Å². The van der Waals surface area contributed by atoms with Crippen molar-refractivity contribution >= 4 is 23.2 Å². The fraction of sp³-hybridized carbons (Fsp3) is 0.300. The highest BCUT2D eigenvalue weighted by molar-refractivity contribution is 6.31. The molecule has 44 heavy (non-hydrogen) atoms. The molecule has 2 aliphatic carbocycles. The van der Waals surface area contributed by atoms with Gasteiger partial charge in [0.15, 0.2) is 17.2 Å². The van der Waals surface area contributed by atoms with E-state index in [4.69, 9.17) is 4.74 Å². The number of nitrogens with zero attached hydrogens (tertiary/aromatic N) is 2. The average molecular weight is 613 g/mol. The highest BCUT2D eigenvalue weighted by Gasteiger charge is 2.87. The first kappa shape index (κ1) is 30.5. The molecule has 1 saturated carbocycles. The normalized spacial score (nSPS) is 25.8. The SMILES string of the molecule is CCOC(=O)[C@H]1[C@@H](c2ccccc2)[C@@H]([N+](=O)[O-])[C@H](c2ccc([N+](=O)[O-])cc2)C2(C(=O)c3ccccc3C2=O)[C@]1(O)C(F)(F)F. The molecule has 0 saturated heterocycles. The van der Waals surface area contributed by atoms with Gasteiger partial charge in [-0.3, -0.25) is 34.6 Å². The second-order valence-electron chi connectivity index (χ2n) is 10.5. The molecule has 11 nitrogen and oxygen atoms in total. The van der Waals surface area contributed by atoms with Gasteiger partial charge in [-0.25, -0.2) is 0 Å². The summed E-state index contributed by atoms with van der Waals surface area (Å²) in [5.41, 5.74) is -10.5. The highest BCUT2D eigenvalue weighted by Crippen LogP contribution is 2.68. The van der Waals surface area contributed by atoms with E-state index in [1.54, 1.807) is 0 Å². The van der Waals surface area contributed by atoms with Crippen LogP contribution in [0.25, 0.3) is 0 Å². The van der Waals surface area contributed by atoms with Gasteiger partial charge in [-0.05, 0) is 18.1 Å². The van der Waals surface area contributed by atoms with Crippen LogP contribution in [0.1, 0.15) is 50.6 Å². The monoisotopic (exact) mass is 612 g/mol. The van der Waals surface area contributed by atoms with Crippen LogP contribution < -0.4 is 0 Å². The molecule has 0 aromatic heterocycles. The Morgan fingerprint density at radius 1 is 0.886 bits per heavy atom. The number of aliphatic hydroxyl groups is 1. The number of hydrogen-bond donors (Lipinski definition) is 1. The van der Waals surface area contributed by atoms with E-state index in [0.717, 1.165) is 36.4 Å². The summed E-state index contributed by atoms with van der Waals surface area (Å²) in [5.74, 6) is -12.2. The van der Waals surface area contributed by atoms with Gasteiger partial charge in [-0.1, -0.05) is 66.7 Å². The number of nitro groups is 2. The number of fused-ring (bicyclic) bond motifs is 1. The Morgan fingerprint density at radius 3 is 1.86 bits per heavy atom. The highest BCUT2D eigenvalue weighted by atomic mass is 19.4. The second kappa shape index (κ2) is 10.6. The van der Waals surface area contributed by atoms with Gasteiger partial charge in [-0.15, -0.1) is 0 Å². The number of esters is 1. The maximum Gasteiger partial charge on any atom is 0.419 e. The lowest BCUT2D eigenvalue weighted by molar-refractivity contribution is -0.544. The molecule has 0 unspecified atom stereocenters. The largest absolute Gasteiger partial charge is 0.466 e. The molecule has 14 heteroatoms. The van der Waals surface area contributed by atoms with Gasteiger partial charge in [0.1, 0.15) is 11.3 Å². The summed E-state index contributed by atoms with van der Waals surface area (Å²) in [5, 5.41) is 36.7. The van der Waals surface area contributed by atoms with Crippen LogP contribution in [0.15, 0.2) is 78.9 Å². The van der Waals surface area contributed by atoms with Gasteiger partial charge in [-0.2, -0.15) is 13.2 Å². The van der Waals surface area contributed by atoms with Gasteiger partial charge in [0, 0.05) is 28.2 Å². The third kappa shape index (κ3) is 4.04. The lowest BCUT2D eigenvalue weighted by Crippen LogP contribution is -2.76. The number of alkyl halides is 3. The number of ether oxygens (including phenoxy) is 1. The van der Waals surface area contributed by atoms with Gasteiger partial charge >= 0.3 is 12.1 Å². The molecule has 0 amide bonds. The molecule has 1 spiro atoms. The van der Waals surface area contributed by atoms with Crippen molar-refractivity contribution in [1.29, 1.82) is 0 Å². The van der Waals surface area contributed by atoms with Crippen molar-refractivity contribution in [3.05, 3.63) is 121 Å². The van der Waals surface area contributed by atoms with E-state index in [2.05, 4.69) is 0 Å². The van der Waals surface area contributed by atoms with E-state index >= 15 is 13.2 Å². The molecule has 3 aromatic rings. The zero-order valence-corrected chi connectivity index (χ0v) is 22.8. The molecule has 0 radical (unpaired) electrons. The van der Waals surface area contributed by atoms with E-state index < -0.39 is 97.4 Å². The summed E-state index contributed by atoms with van der Waals surface area (Å²) in [6.07, 6.45) is -5.93. The number of ketones is 2. The Morgan fingerprint density at radius 2 is 1.41 bits per heavy atom. The Bertz CT molecular complexity index is 1640. The summed E-state index contributed by atoms with van der Waals surface area (Å²) >= 11 is 0. The minimum absolute atomic E-state index is 0.174. The molecule has 0 bridgehead atoms. The molecule has 3 aromatic carbocycles. The second-order valence-corrected chi connectivity index (χ2v) is 10.5. The van der Waals surface area contributed by atoms with Crippen LogP contribution in [-0.4, -0.2) is 56.9 Å². The fourth-order valence-electron chi connectivity index (χ4n) is 6.96. The van der Waals surface area contributed by atoms with Crippen LogP contribution in [-0.2, 0) is 9.53 Å². The molecular weight excluding hydrogens is 589 g/mol. The number of rotatable bonds is 6. The Hall–Kier alpha value is -4.98. The van der Waals surface area contributed by atoms with E-state index in [1.165, 1.54) is 49.4 Å². The maximum absolute atomic E-state index is 15.7. The quantitative estimate of drug-likeness (QED) is 0.180. The first-order valence-electron chi connectivity index (χ1n) is 13.3. The molecule has 0 heterocycles. The lowest BCUT2D eigenvalue weighted by Gasteiger charge is -2.56. The van der Waals surface area contributed by atoms with E-state index in [0.29, 0.717) is 0 Å². The number of carbonyl (C=O) groups is 3. The summed E-state index contributed by atoms with van der Waals surface area (Å²) in [6, 6.07) is 12.5. The zero-order chi connectivity index (χ0) is 32.2. The number of Topliss-reactive ketones (excluding diaryl/α,β-unsaturated/α-hetero) is 2. The molecule has 1 N–H and O–H groups in total. The zero-order valence-electron chi connectivity index (χ0n) is 22.8. The Labute approximate surface area is 246 Å². The predicted octanol–water partition coefficient (Wildman–Crippen LogP) is 4.66. The molecule has 228 valence electrons. The van der Waals surface area contributed by atoms with Crippen molar-refractivity contribution in [3.63, 3.8) is 0 Å². The maximum atomic E-state index is 15.7. The van der Waals surface area contributed by atoms with Crippen molar-refractivity contribution < 1.29 is 47.2 Å². The number of benzene rings is 3. The fourth-order valence-corrected chi connectivity index (χ4v) is 6.96. The Kier molecular flexibility index (Phi) is 7.36.